The molecule has 70 valence electrons. The van der Waals surface area contributed by atoms with Crippen LogP contribution in [0, 0.1) is 5.92 Å². The topological polar surface area (TPSA) is 0 Å². The van der Waals surface area contributed by atoms with Crippen LogP contribution in [0.1, 0.15) is 12.5 Å². The smallest absolute Gasteiger partial charge is 0.106 e. The molecule has 0 saturated heterocycles. The highest BCUT2D eigenvalue weighted by Crippen LogP contribution is 2.13. The normalized spacial score (nSPS) is 12.5. The van der Waals surface area contributed by atoms with Gasteiger partial charge in [0.2, 0.25) is 0 Å². The van der Waals surface area contributed by atoms with Gasteiger partial charge in [-0.15, -0.1) is 11.6 Å². The van der Waals surface area contributed by atoms with E-state index in [2.05, 4.69) is 48.8 Å². The zero-order valence-electron chi connectivity index (χ0n) is 8.96. The highest BCUT2D eigenvalue weighted by atomic mass is 27.2. The summed E-state index contributed by atoms with van der Waals surface area (Å²) in [5, 5.41) is 1.47. The Balaban J connectivity index is 2.41. The zero-order chi connectivity index (χ0) is 9.68. The van der Waals surface area contributed by atoms with Crippen molar-refractivity contribution in [2.45, 2.75) is 30.2 Å². The van der Waals surface area contributed by atoms with Crippen molar-refractivity contribution in [2.75, 3.05) is 0 Å². The summed E-state index contributed by atoms with van der Waals surface area (Å²) in [6.45, 7) is 2.38. The lowest BCUT2D eigenvalue weighted by atomic mass is 10.0. The second-order valence-electron chi connectivity index (χ2n) is 4.42. The van der Waals surface area contributed by atoms with Crippen LogP contribution in [0.4, 0.5) is 0 Å². The van der Waals surface area contributed by atoms with Gasteiger partial charge in [-0.25, -0.2) is 0 Å². The van der Waals surface area contributed by atoms with Gasteiger partial charge >= 0.3 is 0 Å². The van der Waals surface area contributed by atoms with Gasteiger partial charge in [0.25, 0.3) is 14.1 Å². The molecular formula is C12H19Al. The Bertz CT molecular complexity index is 228. The molecule has 0 N–H and O–H groups in total. The van der Waals surface area contributed by atoms with Gasteiger partial charge in [0, 0.05) is 0 Å². The molecule has 0 aromatic heterocycles. The molecule has 0 aliphatic rings. The van der Waals surface area contributed by atoms with Gasteiger partial charge in [-0.1, -0.05) is 48.5 Å². The van der Waals surface area contributed by atoms with Crippen molar-refractivity contribution in [1.29, 1.82) is 0 Å². The highest BCUT2D eigenvalue weighted by molar-refractivity contribution is 6.55. The molecule has 1 heteroatoms. The fourth-order valence-corrected chi connectivity index (χ4v) is 3.68. The second-order valence-corrected chi connectivity index (χ2v) is 7.68. The van der Waals surface area contributed by atoms with Crippen LogP contribution in [-0.4, -0.2) is 14.1 Å². The summed E-state index contributed by atoms with van der Waals surface area (Å²) in [6, 6.07) is 10.8. The van der Waals surface area contributed by atoms with Crippen LogP contribution in [0.15, 0.2) is 30.3 Å². The summed E-state index contributed by atoms with van der Waals surface area (Å²) in [4.78, 5) is 0. The number of benzene rings is 1. The Morgan fingerprint density at radius 3 is 2.31 bits per heavy atom. The fourth-order valence-electron chi connectivity index (χ4n) is 1.90. The maximum atomic E-state index is 2.43. The predicted octanol–water partition coefficient (Wildman–Crippen LogP) is 3.62. The van der Waals surface area contributed by atoms with Gasteiger partial charge in [-0.2, -0.15) is 0 Å². The van der Waals surface area contributed by atoms with Crippen LogP contribution >= 0.6 is 0 Å². The second kappa shape index (κ2) is 5.48. The molecule has 0 heterocycles. The number of rotatable bonds is 4. The van der Waals surface area contributed by atoms with Crippen molar-refractivity contribution in [2.24, 2.45) is 5.92 Å². The molecule has 13 heavy (non-hydrogen) atoms. The van der Waals surface area contributed by atoms with E-state index in [1.807, 2.05) is 0 Å². The third-order valence-corrected chi connectivity index (χ3v) is 4.05. The van der Waals surface area contributed by atoms with Gasteiger partial charge in [0.1, 0.15) is 0 Å². The first-order chi connectivity index (χ1) is 6.18. The molecule has 1 unspecified atom stereocenters. The number of hydrogen-bond acceptors (Lipinski definition) is 0. The Morgan fingerprint density at radius 2 is 1.77 bits per heavy atom. The molecule has 1 aromatic carbocycles. The molecule has 1 aromatic rings. The molecule has 0 aliphatic heterocycles. The minimum Gasteiger partial charge on any atom is -0.106 e. The molecule has 0 spiro atoms. The summed E-state index contributed by atoms with van der Waals surface area (Å²) in [5.41, 5.74) is 1.49. The monoisotopic (exact) mass is 190 g/mol. The van der Waals surface area contributed by atoms with E-state index in [0.29, 0.717) is 0 Å². The van der Waals surface area contributed by atoms with Crippen LogP contribution in [0.3, 0.4) is 0 Å². The highest BCUT2D eigenvalue weighted by Gasteiger charge is 2.09. The first-order valence-electron chi connectivity index (χ1n) is 5.22. The van der Waals surface area contributed by atoms with Crippen molar-refractivity contribution in [3.05, 3.63) is 35.9 Å². The summed E-state index contributed by atoms with van der Waals surface area (Å²) in [7, 11) is 0. The van der Waals surface area contributed by atoms with E-state index in [4.69, 9.17) is 0 Å². The van der Waals surface area contributed by atoms with Gasteiger partial charge in [-0.05, 0) is 12.0 Å². The van der Waals surface area contributed by atoms with Crippen LogP contribution < -0.4 is 0 Å². The SMILES string of the molecule is CC(Cc1ccccc1)[CH2][Al]([CH3])[CH3]. The van der Waals surface area contributed by atoms with Gasteiger partial charge in [0.15, 0.2) is 0 Å². The quantitative estimate of drug-likeness (QED) is 0.636. The molecule has 0 fully saturated rings. The lowest BCUT2D eigenvalue weighted by molar-refractivity contribution is 0.640. The van der Waals surface area contributed by atoms with Gasteiger partial charge in [-0.3, -0.25) is 0 Å². The summed E-state index contributed by atoms with van der Waals surface area (Å²) < 4.78 is 0. The molecule has 0 radical (unpaired) electrons. The van der Waals surface area contributed by atoms with E-state index in [1.54, 1.807) is 0 Å². The first-order valence-corrected chi connectivity index (χ1v) is 8.35. The molecule has 0 bridgehead atoms. The zero-order valence-corrected chi connectivity index (χ0v) is 10.1. The number of hydrogen-bond donors (Lipinski definition) is 0. The minimum absolute atomic E-state index is 0.370. The van der Waals surface area contributed by atoms with Gasteiger partial charge < -0.3 is 0 Å². The predicted molar refractivity (Wildman–Crippen MR) is 61.6 cm³/mol. The summed E-state index contributed by atoms with van der Waals surface area (Å²) in [6.07, 6.45) is 1.26. The molecule has 0 amide bonds. The maximum Gasteiger partial charge on any atom is 0.255 e. The van der Waals surface area contributed by atoms with Crippen LogP contribution in [0.2, 0.25) is 16.9 Å². The van der Waals surface area contributed by atoms with Crippen LogP contribution in [0.25, 0.3) is 0 Å². The fraction of sp³-hybridized carbons (Fsp3) is 0.500. The Morgan fingerprint density at radius 1 is 1.15 bits per heavy atom. The average molecular weight is 190 g/mol. The Kier molecular flexibility index (Phi) is 4.56. The van der Waals surface area contributed by atoms with Crippen molar-refractivity contribution < 1.29 is 0 Å². The largest absolute Gasteiger partial charge is 0.255 e. The van der Waals surface area contributed by atoms with E-state index in [0.717, 1.165) is 5.92 Å². The van der Waals surface area contributed by atoms with E-state index < -0.39 is 0 Å². The van der Waals surface area contributed by atoms with Crippen molar-refractivity contribution in [3.8, 4) is 0 Å². The van der Waals surface area contributed by atoms with E-state index in [9.17, 15) is 0 Å². The summed E-state index contributed by atoms with van der Waals surface area (Å²) >= 11 is -0.370. The maximum absolute atomic E-state index is 2.43. The van der Waals surface area contributed by atoms with Crippen molar-refractivity contribution in [3.63, 3.8) is 0 Å². The van der Waals surface area contributed by atoms with Crippen LogP contribution in [0.5, 0.6) is 0 Å². The van der Waals surface area contributed by atoms with Crippen molar-refractivity contribution in [1.82, 2.24) is 0 Å². The molecule has 1 atom stereocenters. The molecule has 0 nitrogen and oxygen atoms in total. The standard InChI is InChI=1S/C10H13.2CH3.Al/c1-9(2)8-10-6-4-3-5-7-10;;;/h3-7,9H,1,8H2,2H3;2*1H3;. The van der Waals surface area contributed by atoms with E-state index in [-0.39, 0.29) is 14.1 Å². The van der Waals surface area contributed by atoms with Gasteiger partial charge in [0.05, 0.1) is 0 Å². The minimum atomic E-state index is -0.370. The van der Waals surface area contributed by atoms with E-state index >= 15 is 0 Å². The Hall–Kier alpha value is -0.248. The van der Waals surface area contributed by atoms with Crippen LogP contribution in [-0.2, 0) is 6.42 Å². The molecule has 1 rings (SSSR count). The van der Waals surface area contributed by atoms with Crippen molar-refractivity contribution >= 4 is 14.1 Å². The molecule has 0 aliphatic carbocycles. The first kappa shape index (κ1) is 10.8. The average Bonchev–Trinajstić information content (AvgIpc) is 2.04. The third kappa shape index (κ3) is 4.50. The lowest BCUT2D eigenvalue weighted by Gasteiger charge is -2.11. The molecule has 0 saturated carbocycles. The van der Waals surface area contributed by atoms with E-state index in [1.165, 1.54) is 17.3 Å². The molecular weight excluding hydrogens is 171 g/mol. The lowest BCUT2D eigenvalue weighted by Crippen LogP contribution is -2.08. The third-order valence-electron chi connectivity index (χ3n) is 2.30. The summed E-state index contributed by atoms with van der Waals surface area (Å²) in [5.74, 6) is 5.73. The Labute approximate surface area is 86.4 Å².